The average molecular weight is 338 g/mol. The van der Waals surface area contributed by atoms with Crippen LogP contribution < -0.4 is 0 Å². The van der Waals surface area contributed by atoms with Gasteiger partial charge in [0.1, 0.15) is 0 Å². The van der Waals surface area contributed by atoms with Crippen molar-refractivity contribution in [2.45, 2.75) is 77.0 Å². The van der Waals surface area contributed by atoms with Crippen LogP contribution in [0.5, 0.6) is 0 Å². The lowest BCUT2D eigenvalue weighted by molar-refractivity contribution is 0.0865. The summed E-state index contributed by atoms with van der Waals surface area (Å²) >= 11 is 0. The molecular weight excluding hydrogens is 309 g/mol. The quantitative estimate of drug-likeness (QED) is 0.387. The smallest absolute Gasteiger partial charge is 0.194 e. The highest BCUT2D eigenvalue weighted by atomic mass is 19.2. The van der Waals surface area contributed by atoms with Crippen molar-refractivity contribution in [1.82, 2.24) is 0 Å². The number of hydrogen-bond donors (Lipinski definition) is 0. The summed E-state index contributed by atoms with van der Waals surface area (Å²) in [5.41, 5.74) is 0.635. The second-order valence-electron chi connectivity index (χ2n) is 8.00. The Bertz CT molecular complexity index is 517. The molecule has 0 nitrogen and oxygen atoms in total. The number of rotatable bonds is 6. The SMILES string of the molecule is CCCCCC1CC([C@H]2CC[C@H](c3cc(F)c(F)c(F)c3)CC2)C1. The molecule has 0 atom stereocenters. The van der Waals surface area contributed by atoms with Gasteiger partial charge in [-0.3, -0.25) is 0 Å². The maximum atomic E-state index is 13.4. The van der Waals surface area contributed by atoms with Gasteiger partial charge in [0.05, 0.1) is 0 Å². The van der Waals surface area contributed by atoms with Crippen LogP contribution in [0.15, 0.2) is 12.1 Å². The van der Waals surface area contributed by atoms with Gasteiger partial charge < -0.3 is 0 Å². The first-order valence-corrected chi connectivity index (χ1v) is 9.72. The molecule has 2 aliphatic rings. The molecule has 2 aliphatic carbocycles. The predicted octanol–water partition coefficient (Wildman–Crippen LogP) is 6.98. The first-order valence-electron chi connectivity index (χ1n) is 9.72. The van der Waals surface area contributed by atoms with Crippen LogP contribution in [0.4, 0.5) is 13.2 Å². The van der Waals surface area contributed by atoms with Crippen LogP contribution in [0, 0.1) is 35.2 Å². The Labute approximate surface area is 143 Å². The van der Waals surface area contributed by atoms with Gasteiger partial charge >= 0.3 is 0 Å². The van der Waals surface area contributed by atoms with Crippen LogP contribution >= 0.6 is 0 Å². The van der Waals surface area contributed by atoms with E-state index in [0.29, 0.717) is 5.56 Å². The molecule has 0 radical (unpaired) electrons. The summed E-state index contributed by atoms with van der Waals surface area (Å²) in [6, 6.07) is 2.38. The molecule has 0 N–H and O–H groups in total. The van der Waals surface area contributed by atoms with Gasteiger partial charge in [0.15, 0.2) is 17.5 Å². The maximum Gasteiger partial charge on any atom is 0.194 e. The molecule has 0 heterocycles. The molecule has 134 valence electrons. The molecule has 0 bridgehead atoms. The molecule has 0 saturated heterocycles. The molecule has 1 aromatic rings. The molecular formula is C21H29F3. The van der Waals surface area contributed by atoms with Crippen molar-refractivity contribution in [3.8, 4) is 0 Å². The van der Waals surface area contributed by atoms with Crippen molar-refractivity contribution in [3.05, 3.63) is 35.1 Å². The molecule has 2 fully saturated rings. The fourth-order valence-corrected chi connectivity index (χ4v) is 4.83. The molecule has 2 saturated carbocycles. The highest BCUT2D eigenvalue weighted by Crippen LogP contribution is 2.48. The number of benzene rings is 1. The summed E-state index contributed by atoms with van der Waals surface area (Å²) in [4.78, 5) is 0. The van der Waals surface area contributed by atoms with Crippen molar-refractivity contribution in [1.29, 1.82) is 0 Å². The third kappa shape index (κ3) is 3.97. The maximum absolute atomic E-state index is 13.4. The van der Waals surface area contributed by atoms with Gasteiger partial charge in [-0.05, 0) is 79.9 Å². The van der Waals surface area contributed by atoms with Crippen molar-refractivity contribution in [2.24, 2.45) is 17.8 Å². The Balaban J connectivity index is 1.45. The fraction of sp³-hybridized carbons (Fsp3) is 0.714. The van der Waals surface area contributed by atoms with Crippen LogP contribution in [0.3, 0.4) is 0 Å². The van der Waals surface area contributed by atoms with Gasteiger partial charge in [0, 0.05) is 0 Å². The zero-order valence-electron chi connectivity index (χ0n) is 14.7. The van der Waals surface area contributed by atoms with Gasteiger partial charge in [-0.15, -0.1) is 0 Å². The van der Waals surface area contributed by atoms with Crippen LogP contribution in [0.2, 0.25) is 0 Å². The van der Waals surface area contributed by atoms with E-state index in [1.54, 1.807) is 0 Å². The van der Waals surface area contributed by atoms with Crippen LogP contribution in [0.1, 0.15) is 82.6 Å². The lowest BCUT2D eigenvalue weighted by Gasteiger charge is -2.43. The highest BCUT2D eigenvalue weighted by Gasteiger charge is 2.36. The molecule has 0 aromatic heterocycles. The first-order chi connectivity index (χ1) is 11.6. The molecule has 3 rings (SSSR count). The topological polar surface area (TPSA) is 0 Å². The first kappa shape index (κ1) is 17.8. The van der Waals surface area contributed by atoms with E-state index in [2.05, 4.69) is 6.92 Å². The lowest BCUT2D eigenvalue weighted by Crippen LogP contribution is -2.32. The van der Waals surface area contributed by atoms with Gasteiger partial charge in [-0.1, -0.05) is 32.6 Å². The van der Waals surface area contributed by atoms with E-state index in [9.17, 15) is 13.2 Å². The largest absolute Gasteiger partial charge is 0.204 e. The predicted molar refractivity (Wildman–Crippen MR) is 91.4 cm³/mol. The Morgan fingerprint density at radius 2 is 1.50 bits per heavy atom. The second-order valence-corrected chi connectivity index (χ2v) is 8.00. The van der Waals surface area contributed by atoms with Crippen LogP contribution in [-0.2, 0) is 0 Å². The summed E-state index contributed by atoms with van der Waals surface area (Å²) in [5, 5.41) is 0. The fourth-order valence-electron chi connectivity index (χ4n) is 4.83. The minimum absolute atomic E-state index is 0.186. The van der Waals surface area contributed by atoms with Crippen molar-refractivity contribution in [2.75, 3.05) is 0 Å². The van der Waals surface area contributed by atoms with Gasteiger partial charge in [-0.25, -0.2) is 13.2 Å². The van der Waals surface area contributed by atoms with Crippen molar-refractivity contribution < 1.29 is 13.2 Å². The van der Waals surface area contributed by atoms with Crippen LogP contribution in [0.25, 0.3) is 0 Å². The minimum atomic E-state index is -1.35. The number of unbranched alkanes of at least 4 members (excludes halogenated alkanes) is 2. The normalized spacial score (nSPS) is 30.2. The van der Waals surface area contributed by atoms with Crippen molar-refractivity contribution >= 4 is 0 Å². The molecule has 0 amide bonds. The minimum Gasteiger partial charge on any atom is -0.204 e. The molecule has 3 heteroatoms. The summed E-state index contributed by atoms with van der Waals surface area (Å²) in [5.74, 6) is -0.665. The zero-order valence-corrected chi connectivity index (χ0v) is 14.7. The summed E-state index contributed by atoms with van der Waals surface area (Å²) in [6.07, 6.45) is 12.5. The molecule has 0 aliphatic heterocycles. The van der Waals surface area contributed by atoms with E-state index in [0.717, 1.165) is 43.4 Å². The van der Waals surface area contributed by atoms with Gasteiger partial charge in [-0.2, -0.15) is 0 Å². The second kappa shape index (κ2) is 7.93. The summed E-state index contributed by atoms with van der Waals surface area (Å²) in [6.45, 7) is 2.25. The molecule has 0 unspecified atom stereocenters. The molecule has 24 heavy (non-hydrogen) atoms. The molecule has 1 aromatic carbocycles. The Hall–Kier alpha value is -0.990. The number of halogens is 3. The third-order valence-corrected chi connectivity index (χ3v) is 6.40. The van der Waals surface area contributed by atoms with Gasteiger partial charge in [0.25, 0.3) is 0 Å². The van der Waals surface area contributed by atoms with E-state index < -0.39 is 17.5 Å². The average Bonchev–Trinajstić information content (AvgIpc) is 2.54. The van der Waals surface area contributed by atoms with E-state index in [1.807, 2.05) is 0 Å². The van der Waals surface area contributed by atoms with Crippen LogP contribution in [-0.4, -0.2) is 0 Å². The van der Waals surface area contributed by atoms with Crippen molar-refractivity contribution in [3.63, 3.8) is 0 Å². The van der Waals surface area contributed by atoms with E-state index >= 15 is 0 Å². The summed E-state index contributed by atoms with van der Waals surface area (Å²) in [7, 11) is 0. The Kier molecular flexibility index (Phi) is 5.89. The van der Waals surface area contributed by atoms with E-state index in [4.69, 9.17) is 0 Å². The Morgan fingerprint density at radius 1 is 0.875 bits per heavy atom. The third-order valence-electron chi connectivity index (χ3n) is 6.40. The monoisotopic (exact) mass is 338 g/mol. The lowest BCUT2D eigenvalue weighted by atomic mass is 9.62. The van der Waals surface area contributed by atoms with Gasteiger partial charge in [0.2, 0.25) is 0 Å². The van der Waals surface area contributed by atoms with E-state index in [-0.39, 0.29) is 5.92 Å². The standard InChI is InChI=1S/C21H29F3/c1-2-3-4-5-14-10-17(11-14)15-6-8-16(9-7-15)18-12-19(22)21(24)20(23)13-18/h12-17H,2-11H2,1H3/t14?,15-,16-,17?. The van der Waals surface area contributed by atoms with E-state index in [1.165, 1.54) is 50.7 Å². The summed E-state index contributed by atoms with van der Waals surface area (Å²) < 4.78 is 39.9. The Morgan fingerprint density at radius 3 is 2.08 bits per heavy atom. The zero-order chi connectivity index (χ0) is 17.1. The number of hydrogen-bond acceptors (Lipinski definition) is 0. The molecule has 0 spiro atoms. The highest BCUT2D eigenvalue weighted by molar-refractivity contribution is 5.23.